The first kappa shape index (κ1) is 22.1. The van der Waals surface area contributed by atoms with E-state index in [4.69, 9.17) is 4.74 Å². The van der Waals surface area contributed by atoms with E-state index in [1.165, 1.54) is 65.8 Å². The van der Waals surface area contributed by atoms with Crippen LogP contribution < -0.4 is 9.30 Å². The van der Waals surface area contributed by atoms with Crippen molar-refractivity contribution in [3.8, 4) is 22.8 Å². The van der Waals surface area contributed by atoms with Crippen LogP contribution in [-0.2, 0) is 12.5 Å². The van der Waals surface area contributed by atoms with E-state index >= 15 is 0 Å². The number of rotatable bonds is 1. The molecule has 2 heteroatoms. The van der Waals surface area contributed by atoms with Crippen molar-refractivity contribution >= 4 is 32.3 Å². The molecule has 1 aliphatic rings. The lowest BCUT2D eigenvalue weighted by atomic mass is 9.81. The van der Waals surface area contributed by atoms with Crippen LogP contribution >= 0.6 is 0 Å². The summed E-state index contributed by atoms with van der Waals surface area (Å²) in [6, 6.07) is 18.1. The molecule has 2 nitrogen and oxygen atoms in total. The molecule has 0 spiro atoms. The third kappa shape index (κ3) is 3.05. The maximum Gasteiger partial charge on any atom is 0.228 e. The Kier molecular flexibility index (Phi) is 4.61. The summed E-state index contributed by atoms with van der Waals surface area (Å²) >= 11 is 0. The molecule has 0 saturated carbocycles. The summed E-state index contributed by atoms with van der Waals surface area (Å²) in [5.41, 5.74) is 7.76. The Balaban J connectivity index is 1.84. The molecular formula is C33H34NO+. The van der Waals surface area contributed by atoms with Crippen molar-refractivity contribution in [2.75, 3.05) is 0 Å². The Morgan fingerprint density at radius 1 is 0.829 bits per heavy atom. The van der Waals surface area contributed by atoms with Gasteiger partial charge in [0.25, 0.3) is 0 Å². The molecular weight excluding hydrogens is 426 g/mol. The molecule has 0 radical (unpaired) electrons. The first-order valence-corrected chi connectivity index (χ1v) is 12.7. The van der Waals surface area contributed by atoms with Gasteiger partial charge in [-0.15, -0.1) is 0 Å². The van der Waals surface area contributed by atoms with Crippen molar-refractivity contribution < 1.29 is 9.30 Å². The second kappa shape index (κ2) is 7.31. The van der Waals surface area contributed by atoms with Crippen LogP contribution in [0.2, 0.25) is 0 Å². The standard InChI is InChI=1S/C33H34NO/c1-18(2)28-22-13-12-19(3)16-24(22)20(4)29-31-30-23(14-15-34(31)8)21-10-9-11-26(33(5,6)7)25(21)17-27(30)35-32(28)29/h9-18H,1-8H3/q+1. The van der Waals surface area contributed by atoms with E-state index in [0.717, 1.165) is 11.5 Å². The zero-order chi connectivity index (χ0) is 24.8. The molecule has 0 aliphatic carbocycles. The van der Waals surface area contributed by atoms with Gasteiger partial charge in [-0.3, -0.25) is 0 Å². The molecule has 0 bridgehead atoms. The molecule has 4 aromatic carbocycles. The van der Waals surface area contributed by atoms with Crippen molar-refractivity contribution in [3.63, 3.8) is 0 Å². The summed E-state index contributed by atoms with van der Waals surface area (Å²) in [5.74, 6) is 2.33. The van der Waals surface area contributed by atoms with Crippen molar-refractivity contribution in [1.82, 2.24) is 0 Å². The number of hydrogen-bond donors (Lipinski definition) is 0. The molecule has 0 atom stereocenters. The van der Waals surface area contributed by atoms with Gasteiger partial charge in [0.2, 0.25) is 5.69 Å². The highest BCUT2D eigenvalue weighted by Gasteiger charge is 2.34. The average Bonchev–Trinajstić information content (AvgIpc) is 2.79. The topological polar surface area (TPSA) is 13.1 Å². The van der Waals surface area contributed by atoms with Crippen LogP contribution in [0, 0.1) is 13.8 Å². The molecule has 176 valence electrons. The summed E-state index contributed by atoms with van der Waals surface area (Å²) in [4.78, 5) is 0. The highest BCUT2D eigenvalue weighted by atomic mass is 16.5. The largest absolute Gasteiger partial charge is 0.455 e. The Morgan fingerprint density at radius 2 is 1.60 bits per heavy atom. The zero-order valence-corrected chi connectivity index (χ0v) is 22.1. The number of nitrogens with zero attached hydrogens (tertiary/aromatic N) is 1. The third-order valence-corrected chi connectivity index (χ3v) is 7.79. The first-order valence-electron chi connectivity index (χ1n) is 12.7. The van der Waals surface area contributed by atoms with Crippen molar-refractivity contribution in [1.29, 1.82) is 0 Å². The first-order chi connectivity index (χ1) is 16.6. The van der Waals surface area contributed by atoms with E-state index in [-0.39, 0.29) is 5.41 Å². The highest BCUT2D eigenvalue weighted by Crippen LogP contribution is 2.53. The molecule has 0 saturated heterocycles. The summed E-state index contributed by atoms with van der Waals surface area (Å²) in [7, 11) is 2.17. The normalized spacial score (nSPS) is 13.1. The number of fused-ring (bicyclic) bond motifs is 5. The second-order valence-corrected chi connectivity index (χ2v) is 11.6. The minimum Gasteiger partial charge on any atom is -0.455 e. The van der Waals surface area contributed by atoms with E-state index in [2.05, 4.69) is 115 Å². The van der Waals surface area contributed by atoms with E-state index in [0.29, 0.717) is 5.92 Å². The quantitative estimate of drug-likeness (QED) is 0.176. The van der Waals surface area contributed by atoms with Crippen LogP contribution in [0.15, 0.2) is 54.7 Å². The lowest BCUT2D eigenvalue weighted by Gasteiger charge is -2.28. The smallest absolute Gasteiger partial charge is 0.228 e. The number of ether oxygens (including phenoxy) is 1. The predicted molar refractivity (Wildman–Crippen MR) is 148 cm³/mol. The summed E-state index contributed by atoms with van der Waals surface area (Å²) in [5, 5.41) is 7.68. The highest BCUT2D eigenvalue weighted by molar-refractivity contribution is 6.17. The van der Waals surface area contributed by atoms with Gasteiger partial charge in [0.15, 0.2) is 6.20 Å². The molecule has 0 unspecified atom stereocenters. The summed E-state index contributed by atoms with van der Waals surface area (Å²) in [6.07, 6.45) is 2.22. The fourth-order valence-corrected chi connectivity index (χ4v) is 6.16. The maximum absolute atomic E-state index is 6.98. The lowest BCUT2D eigenvalue weighted by molar-refractivity contribution is -0.659. The molecule has 0 amide bonds. The van der Waals surface area contributed by atoms with Crippen LogP contribution in [0.4, 0.5) is 0 Å². The Labute approximate surface area is 208 Å². The molecule has 0 N–H and O–H groups in total. The van der Waals surface area contributed by atoms with Gasteiger partial charge in [0.1, 0.15) is 18.5 Å². The zero-order valence-electron chi connectivity index (χ0n) is 22.1. The van der Waals surface area contributed by atoms with E-state index in [1.807, 2.05) is 0 Å². The van der Waals surface area contributed by atoms with E-state index < -0.39 is 0 Å². The number of benzene rings is 4. The van der Waals surface area contributed by atoms with Crippen LogP contribution in [0.3, 0.4) is 0 Å². The monoisotopic (exact) mass is 460 g/mol. The fraction of sp³-hybridized carbons (Fsp3) is 0.303. The molecule has 6 rings (SSSR count). The second-order valence-electron chi connectivity index (χ2n) is 11.6. The molecule has 1 aliphatic heterocycles. The van der Waals surface area contributed by atoms with Gasteiger partial charge in [-0.1, -0.05) is 76.6 Å². The molecule has 2 heterocycles. The minimum absolute atomic E-state index is 0.0441. The lowest BCUT2D eigenvalue weighted by Crippen LogP contribution is -2.32. The SMILES string of the molecule is Cc1ccc2c(C(C)C)c3c(c(C)c2c1)-c1c2c(cc4c(C(C)(C)C)cccc4c2cc[n+]1C)O3. The van der Waals surface area contributed by atoms with Crippen molar-refractivity contribution in [3.05, 3.63) is 77.0 Å². The number of hydrogen-bond acceptors (Lipinski definition) is 1. The predicted octanol–water partition coefficient (Wildman–Crippen LogP) is 8.78. The fourth-order valence-electron chi connectivity index (χ4n) is 6.16. The Morgan fingerprint density at radius 3 is 2.31 bits per heavy atom. The van der Waals surface area contributed by atoms with Gasteiger partial charge in [-0.05, 0) is 63.9 Å². The van der Waals surface area contributed by atoms with Crippen LogP contribution in [0.25, 0.3) is 43.6 Å². The molecule has 5 aromatic rings. The molecule has 0 fully saturated rings. The summed E-state index contributed by atoms with van der Waals surface area (Å²) in [6.45, 7) is 15.9. The Bertz CT molecular complexity index is 1700. The van der Waals surface area contributed by atoms with Crippen molar-refractivity contribution in [2.24, 2.45) is 7.05 Å². The summed E-state index contributed by atoms with van der Waals surface area (Å²) < 4.78 is 9.26. The van der Waals surface area contributed by atoms with Gasteiger partial charge in [-0.25, -0.2) is 4.57 Å². The maximum atomic E-state index is 6.98. The van der Waals surface area contributed by atoms with Crippen LogP contribution in [0.5, 0.6) is 11.5 Å². The number of aryl methyl sites for hydroxylation is 3. The Hall–Kier alpha value is -3.39. The van der Waals surface area contributed by atoms with Gasteiger partial charge < -0.3 is 4.74 Å². The van der Waals surface area contributed by atoms with Gasteiger partial charge >= 0.3 is 0 Å². The minimum atomic E-state index is 0.0441. The van der Waals surface area contributed by atoms with Crippen LogP contribution in [-0.4, -0.2) is 0 Å². The van der Waals surface area contributed by atoms with E-state index in [9.17, 15) is 0 Å². The number of aromatic nitrogens is 1. The molecule has 1 aromatic heterocycles. The number of pyridine rings is 1. The van der Waals surface area contributed by atoms with Crippen molar-refractivity contribution in [2.45, 2.75) is 59.8 Å². The van der Waals surface area contributed by atoms with E-state index in [1.54, 1.807) is 0 Å². The van der Waals surface area contributed by atoms with Gasteiger partial charge in [0, 0.05) is 17.0 Å². The third-order valence-electron chi connectivity index (χ3n) is 7.79. The average molecular weight is 461 g/mol. The van der Waals surface area contributed by atoms with Gasteiger partial charge in [0.05, 0.1) is 10.9 Å². The van der Waals surface area contributed by atoms with Crippen LogP contribution in [0.1, 0.15) is 62.8 Å². The molecule has 35 heavy (non-hydrogen) atoms. The van der Waals surface area contributed by atoms with Gasteiger partial charge in [-0.2, -0.15) is 0 Å².